The molecular formula is C12H18O. The van der Waals surface area contributed by atoms with Gasteiger partial charge in [-0.1, -0.05) is 25.8 Å². The minimum Gasteiger partial charge on any atom is -0.295 e. The molecule has 0 aromatic rings. The van der Waals surface area contributed by atoms with Crippen LogP contribution in [0, 0.1) is 11.3 Å². The summed E-state index contributed by atoms with van der Waals surface area (Å²) in [5.74, 6) is 1.06. The van der Waals surface area contributed by atoms with Crippen molar-refractivity contribution in [2.24, 2.45) is 11.3 Å². The van der Waals surface area contributed by atoms with Gasteiger partial charge in [-0.05, 0) is 36.7 Å². The highest BCUT2D eigenvalue weighted by atomic mass is 16.1. The summed E-state index contributed by atoms with van der Waals surface area (Å²) < 4.78 is 0. The number of allylic oxidation sites excluding steroid dienone is 2. The zero-order valence-corrected chi connectivity index (χ0v) is 8.60. The maximum absolute atomic E-state index is 11.6. The molecule has 1 nitrogen and oxygen atoms in total. The van der Waals surface area contributed by atoms with Crippen LogP contribution in [-0.2, 0) is 4.79 Å². The van der Waals surface area contributed by atoms with Gasteiger partial charge in [0, 0.05) is 6.42 Å². The number of carbonyl (C=O) groups is 1. The lowest BCUT2D eigenvalue weighted by Crippen LogP contribution is -2.35. The molecule has 72 valence electrons. The Morgan fingerprint density at radius 1 is 1.46 bits per heavy atom. The maximum Gasteiger partial charge on any atom is 0.158 e. The first-order valence-corrected chi connectivity index (χ1v) is 5.33. The first-order chi connectivity index (χ1) is 6.12. The highest BCUT2D eigenvalue weighted by molar-refractivity contribution is 5.96. The second-order valence-corrected chi connectivity index (χ2v) is 4.96. The van der Waals surface area contributed by atoms with E-state index in [0.717, 1.165) is 12.0 Å². The molecule has 2 rings (SSSR count). The highest BCUT2D eigenvalue weighted by Gasteiger charge is 2.40. The standard InChI is InChI=1S/C12H18O/c1-9-7-10-5-3-4-6-12(10,2)8-11(9)13/h7,10H,3-6,8H2,1-2H3. The van der Waals surface area contributed by atoms with Crippen LogP contribution >= 0.6 is 0 Å². The molecule has 2 aliphatic carbocycles. The lowest BCUT2D eigenvalue weighted by Gasteiger charge is -2.42. The van der Waals surface area contributed by atoms with Gasteiger partial charge >= 0.3 is 0 Å². The van der Waals surface area contributed by atoms with Crippen LogP contribution in [0.2, 0.25) is 0 Å². The van der Waals surface area contributed by atoms with Gasteiger partial charge in [0.1, 0.15) is 0 Å². The lowest BCUT2D eigenvalue weighted by atomic mass is 9.62. The van der Waals surface area contributed by atoms with Crippen LogP contribution in [0.5, 0.6) is 0 Å². The van der Waals surface area contributed by atoms with Gasteiger partial charge in [0.2, 0.25) is 0 Å². The third kappa shape index (κ3) is 1.45. The van der Waals surface area contributed by atoms with Crippen molar-refractivity contribution >= 4 is 5.78 Å². The number of fused-ring (bicyclic) bond motifs is 1. The molecule has 0 heterocycles. The second-order valence-electron chi connectivity index (χ2n) is 4.96. The van der Waals surface area contributed by atoms with Crippen molar-refractivity contribution in [1.82, 2.24) is 0 Å². The topological polar surface area (TPSA) is 17.1 Å². The lowest BCUT2D eigenvalue weighted by molar-refractivity contribution is -0.119. The van der Waals surface area contributed by atoms with Crippen LogP contribution in [0.4, 0.5) is 0 Å². The van der Waals surface area contributed by atoms with Crippen LogP contribution in [0.25, 0.3) is 0 Å². The number of ketones is 1. The van der Waals surface area contributed by atoms with E-state index in [1.165, 1.54) is 25.7 Å². The number of carbonyl (C=O) groups excluding carboxylic acids is 1. The monoisotopic (exact) mass is 178 g/mol. The number of hydrogen-bond donors (Lipinski definition) is 0. The zero-order valence-electron chi connectivity index (χ0n) is 8.60. The Hall–Kier alpha value is -0.590. The molecule has 0 aromatic heterocycles. The fourth-order valence-electron chi connectivity index (χ4n) is 2.83. The Balaban J connectivity index is 2.29. The van der Waals surface area contributed by atoms with E-state index in [1.807, 2.05) is 6.92 Å². The molecule has 0 radical (unpaired) electrons. The minimum atomic E-state index is 0.300. The Morgan fingerprint density at radius 3 is 3.00 bits per heavy atom. The van der Waals surface area contributed by atoms with Gasteiger partial charge in [-0.2, -0.15) is 0 Å². The molecule has 0 N–H and O–H groups in total. The van der Waals surface area contributed by atoms with E-state index in [4.69, 9.17) is 0 Å². The summed E-state index contributed by atoms with van der Waals surface area (Å²) in [5, 5.41) is 0. The summed E-state index contributed by atoms with van der Waals surface area (Å²) >= 11 is 0. The maximum atomic E-state index is 11.6. The van der Waals surface area contributed by atoms with Gasteiger partial charge in [0.25, 0.3) is 0 Å². The van der Waals surface area contributed by atoms with E-state index in [9.17, 15) is 4.79 Å². The Kier molecular flexibility index (Phi) is 2.05. The van der Waals surface area contributed by atoms with Crippen molar-refractivity contribution in [3.63, 3.8) is 0 Å². The van der Waals surface area contributed by atoms with E-state index in [1.54, 1.807) is 0 Å². The molecule has 13 heavy (non-hydrogen) atoms. The summed E-state index contributed by atoms with van der Waals surface area (Å²) in [4.78, 5) is 11.6. The summed E-state index contributed by atoms with van der Waals surface area (Å²) in [6.45, 7) is 4.26. The summed E-state index contributed by atoms with van der Waals surface area (Å²) in [7, 11) is 0. The molecule has 2 unspecified atom stereocenters. The first kappa shape index (κ1) is 8.98. The molecule has 1 saturated carbocycles. The van der Waals surface area contributed by atoms with E-state index in [-0.39, 0.29) is 0 Å². The molecule has 0 amide bonds. The van der Waals surface area contributed by atoms with Crippen LogP contribution < -0.4 is 0 Å². The molecule has 0 spiro atoms. The van der Waals surface area contributed by atoms with E-state index in [0.29, 0.717) is 17.1 Å². The predicted octanol–water partition coefficient (Wildman–Crippen LogP) is 3.10. The van der Waals surface area contributed by atoms with E-state index >= 15 is 0 Å². The van der Waals surface area contributed by atoms with Gasteiger partial charge in [-0.3, -0.25) is 4.79 Å². The van der Waals surface area contributed by atoms with Crippen molar-refractivity contribution in [3.8, 4) is 0 Å². The average molecular weight is 178 g/mol. The van der Waals surface area contributed by atoms with Crippen molar-refractivity contribution in [2.75, 3.05) is 0 Å². The summed E-state index contributed by atoms with van der Waals surface area (Å²) in [6, 6.07) is 0. The van der Waals surface area contributed by atoms with Crippen LogP contribution in [0.1, 0.15) is 46.0 Å². The third-order valence-electron chi connectivity index (χ3n) is 3.86. The van der Waals surface area contributed by atoms with Gasteiger partial charge in [0.15, 0.2) is 5.78 Å². The second kappa shape index (κ2) is 2.97. The van der Waals surface area contributed by atoms with Gasteiger partial charge in [0.05, 0.1) is 0 Å². The average Bonchev–Trinajstić information content (AvgIpc) is 2.07. The number of Topliss-reactive ketones (excluding diaryl/α,β-unsaturated/α-hetero) is 1. The zero-order chi connectivity index (χ0) is 9.47. The SMILES string of the molecule is CC1=CC2CCCCC2(C)CC1=O. The van der Waals surface area contributed by atoms with Gasteiger partial charge in [-0.25, -0.2) is 0 Å². The summed E-state index contributed by atoms with van der Waals surface area (Å²) in [6.07, 6.45) is 8.21. The summed E-state index contributed by atoms with van der Waals surface area (Å²) in [5.41, 5.74) is 1.30. The van der Waals surface area contributed by atoms with Crippen molar-refractivity contribution in [2.45, 2.75) is 46.0 Å². The van der Waals surface area contributed by atoms with E-state index < -0.39 is 0 Å². The van der Waals surface area contributed by atoms with Crippen LogP contribution in [0.15, 0.2) is 11.6 Å². The van der Waals surface area contributed by atoms with Crippen molar-refractivity contribution < 1.29 is 4.79 Å². The molecule has 1 heteroatoms. The van der Waals surface area contributed by atoms with Crippen molar-refractivity contribution in [1.29, 1.82) is 0 Å². The minimum absolute atomic E-state index is 0.300. The molecule has 2 aliphatic rings. The normalized spacial score (nSPS) is 39.7. The molecule has 0 aromatic carbocycles. The molecular weight excluding hydrogens is 160 g/mol. The van der Waals surface area contributed by atoms with Gasteiger partial charge in [-0.15, -0.1) is 0 Å². The first-order valence-electron chi connectivity index (χ1n) is 5.33. The Bertz CT molecular complexity index is 264. The molecule has 0 aliphatic heterocycles. The Labute approximate surface area is 80.2 Å². The highest BCUT2D eigenvalue weighted by Crippen LogP contribution is 2.47. The number of hydrogen-bond acceptors (Lipinski definition) is 1. The van der Waals surface area contributed by atoms with E-state index in [2.05, 4.69) is 13.0 Å². The molecule has 2 atom stereocenters. The molecule has 0 saturated heterocycles. The largest absolute Gasteiger partial charge is 0.295 e. The predicted molar refractivity (Wildman–Crippen MR) is 53.4 cm³/mol. The molecule has 0 bridgehead atoms. The quantitative estimate of drug-likeness (QED) is 0.557. The third-order valence-corrected chi connectivity index (χ3v) is 3.86. The fourth-order valence-corrected chi connectivity index (χ4v) is 2.83. The van der Waals surface area contributed by atoms with Crippen LogP contribution in [0.3, 0.4) is 0 Å². The fraction of sp³-hybridized carbons (Fsp3) is 0.750. The number of rotatable bonds is 0. The van der Waals surface area contributed by atoms with Crippen LogP contribution in [-0.4, -0.2) is 5.78 Å². The van der Waals surface area contributed by atoms with Gasteiger partial charge < -0.3 is 0 Å². The Morgan fingerprint density at radius 2 is 2.23 bits per heavy atom. The smallest absolute Gasteiger partial charge is 0.158 e. The molecule has 1 fully saturated rings. The van der Waals surface area contributed by atoms with Crippen molar-refractivity contribution in [3.05, 3.63) is 11.6 Å².